The van der Waals surface area contributed by atoms with E-state index in [1.54, 1.807) is 0 Å². The highest BCUT2D eigenvalue weighted by molar-refractivity contribution is 5.49. The van der Waals surface area contributed by atoms with Gasteiger partial charge in [0, 0.05) is 0 Å². The van der Waals surface area contributed by atoms with Gasteiger partial charge in [0.1, 0.15) is 0 Å². The molecule has 0 saturated heterocycles. The molecule has 0 amide bonds. The molecule has 0 aliphatic carbocycles. The predicted octanol–water partition coefficient (Wildman–Crippen LogP) is 12.3. The summed E-state index contributed by atoms with van der Waals surface area (Å²) >= 11 is 0. The first-order valence-electron chi connectivity index (χ1n) is 15.8. The molecule has 0 heterocycles. The van der Waals surface area contributed by atoms with Crippen molar-refractivity contribution in [2.24, 2.45) is 5.92 Å². The zero-order valence-electron chi connectivity index (χ0n) is 24.2. The minimum Gasteiger partial charge on any atom is -0.0839 e. The average molecular weight is 482 g/mol. The van der Waals surface area contributed by atoms with Crippen LogP contribution in [0.2, 0.25) is 0 Å². The second-order valence-electron chi connectivity index (χ2n) is 11.1. The summed E-state index contributed by atoms with van der Waals surface area (Å²) in [6.45, 7) is 6.88. The first-order chi connectivity index (χ1) is 17.3. The highest BCUT2D eigenvalue weighted by Crippen LogP contribution is 2.16. The zero-order valence-corrected chi connectivity index (χ0v) is 24.2. The third kappa shape index (κ3) is 20.8. The van der Waals surface area contributed by atoms with Gasteiger partial charge in [-0.25, -0.2) is 0 Å². The lowest BCUT2D eigenvalue weighted by molar-refractivity contribution is 0.525. The van der Waals surface area contributed by atoms with Crippen LogP contribution in [0.15, 0.2) is 30.3 Å². The fraction of sp³-hybridized carbons (Fsp3) is 0.743. The van der Waals surface area contributed by atoms with Crippen LogP contribution in [-0.4, -0.2) is 0 Å². The van der Waals surface area contributed by atoms with Gasteiger partial charge in [-0.1, -0.05) is 173 Å². The summed E-state index contributed by atoms with van der Waals surface area (Å²) in [5, 5.41) is 0. The molecule has 1 rings (SSSR count). The van der Waals surface area contributed by atoms with Crippen molar-refractivity contribution in [3.05, 3.63) is 47.9 Å². The molecule has 1 atom stereocenters. The lowest BCUT2D eigenvalue weighted by atomic mass is 9.98. The van der Waals surface area contributed by atoms with Crippen molar-refractivity contribution in [1.29, 1.82) is 0 Å². The third-order valence-electron chi connectivity index (χ3n) is 7.66. The minimum atomic E-state index is 0.747. The summed E-state index contributed by atoms with van der Waals surface area (Å²) in [5.41, 5.74) is 2.81. The van der Waals surface area contributed by atoms with Crippen LogP contribution in [0.3, 0.4) is 0 Å². The maximum atomic E-state index is 2.47. The number of aryl methyl sites for hydroxylation is 1. The first kappa shape index (κ1) is 32.0. The number of allylic oxidation sites excluding steroid dienone is 1. The smallest absolute Gasteiger partial charge is 0.0260 e. The van der Waals surface area contributed by atoms with Crippen molar-refractivity contribution >= 4 is 6.08 Å². The van der Waals surface area contributed by atoms with E-state index in [1.807, 2.05) is 0 Å². The number of benzene rings is 1. The van der Waals surface area contributed by atoms with E-state index in [0.717, 1.165) is 5.92 Å². The Balaban J connectivity index is 1.84. The van der Waals surface area contributed by atoms with Crippen LogP contribution in [0.25, 0.3) is 6.08 Å². The normalized spacial score (nSPS) is 12.5. The van der Waals surface area contributed by atoms with Crippen LogP contribution in [0, 0.1) is 12.3 Å². The Kier molecular flexibility index (Phi) is 22.5. The van der Waals surface area contributed by atoms with E-state index in [0.29, 0.717) is 0 Å². The minimum absolute atomic E-state index is 0.747. The highest BCUT2D eigenvalue weighted by atomic mass is 14.1. The van der Waals surface area contributed by atoms with Crippen molar-refractivity contribution < 1.29 is 0 Å². The van der Waals surface area contributed by atoms with Gasteiger partial charge >= 0.3 is 0 Å². The molecule has 35 heavy (non-hydrogen) atoms. The molecule has 0 spiro atoms. The number of unbranched alkanes of at least 4 members (excludes halogenated alkanes) is 18. The van der Waals surface area contributed by atoms with Gasteiger partial charge in [-0.05, 0) is 49.1 Å². The van der Waals surface area contributed by atoms with E-state index in [2.05, 4.69) is 63.6 Å². The van der Waals surface area contributed by atoms with Crippen molar-refractivity contribution in [2.75, 3.05) is 0 Å². The molecule has 0 heteroatoms. The Labute approximate surface area is 221 Å². The predicted molar refractivity (Wildman–Crippen MR) is 161 cm³/mol. The molecule has 0 N–H and O–H groups in total. The van der Waals surface area contributed by atoms with Crippen LogP contribution in [-0.2, 0) is 6.42 Å². The summed E-state index contributed by atoms with van der Waals surface area (Å²) in [5.74, 6) is 0.747. The van der Waals surface area contributed by atoms with Crippen molar-refractivity contribution in [2.45, 2.75) is 162 Å². The Bertz CT molecular complexity index is 566. The quantitative estimate of drug-likeness (QED) is 0.122. The fourth-order valence-corrected chi connectivity index (χ4v) is 4.88. The molecule has 0 aliphatic rings. The van der Waals surface area contributed by atoms with Crippen LogP contribution in [0.4, 0.5) is 0 Å². The Morgan fingerprint density at radius 1 is 0.571 bits per heavy atom. The molecule has 0 fully saturated rings. The highest BCUT2D eigenvalue weighted by Gasteiger charge is 2.00. The summed E-state index contributed by atoms with van der Waals surface area (Å²) in [7, 11) is 0. The van der Waals surface area contributed by atoms with E-state index in [1.165, 1.54) is 152 Å². The molecule has 0 bridgehead atoms. The molecular formula is C35H61. The van der Waals surface area contributed by atoms with Crippen LogP contribution >= 0.6 is 0 Å². The van der Waals surface area contributed by atoms with Gasteiger partial charge in [0.2, 0.25) is 0 Å². The van der Waals surface area contributed by atoms with Gasteiger partial charge in [-0.2, -0.15) is 0 Å². The molecule has 1 unspecified atom stereocenters. The molecule has 0 saturated carbocycles. The SMILES string of the molecule is CCCCCCCCCCCCCCCCCCCCC=Cc1ccc(CC[CH]C(C)CC)cc1. The summed E-state index contributed by atoms with van der Waals surface area (Å²) in [6.07, 6.45) is 38.0. The number of hydrogen-bond donors (Lipinski definition) is 0. The lowest BCUT2D eigenvalue weighted by Gasteiger charge is -2.07. The van der Waals surface area contributed by atoms with E-state index in [9.17, 15) is 0 Å². The molecule has 0 aromatic heterocycles. The monoisotopic (exact) mass is 481 g/mol. The van der Waals surface area contributed by atoms with Crippen molar-refractivity contribution in [1.82, 2.24) is 0 Å². The maximum Gasteiger partial charge on any atom is -0.0260 e. The number of rotatable bonds is 25. The van der Waals surface area contributed by atoms with Gasteiger partial charge in [0.25, 0.3) is 0 Å². The van der Waals surface area contributed by atoms with Crippen molar-refractivity contribution in [3.8, 4) is 0 Å². The van der Waals surface area contributed by atoms with Gasteiger partial charge in [0.15, 0.2) is 0 Å². The molecule has 201 valence electrons. The van der Waals surface area contributed by atoms with Crippen LogP contribution < -0.4 is 0 Å². The lowest BCUT2D eigenvalue weighted by Crippen LogP contribution is -1.95. The molecule has 0 aliphatic heterocycles. The zero-order chi connectivity index (χ0) is 25.2. The number of hydrogen-bond acceptors (Lipinski definition) is 0. The third-order valence-corrected chi connectivity index (χ3v) is 7.66. The maximum absolute atomic E-state index is 2.47. The summed E-state index contributed by atoms with van der Waals surface area (Å²) < 4.78 is 0. The summed E-state index contributed by atoms with van der Waals surface area (Å²) in [6, 6.07) is 9.18. The Morgan fingerprint density at radius 3 is 1.49 bits per heavy atom. The van der Waals surface area contributed by atoms with E-state index >= 15 is 0 Å². The van der Waals surface area contributed by atoms with Crippen molar-refractivity contribution in [3.63, 3.8) is 0 Å². The van der Waals surface area contributed by atoms with E-state index in [4.69, 9.17) is 0 Å². The van der Waals surface area contributed by atoms with Crippen LogP contribution in [0.5, 0.6) is 0 Å². The summed E-state index contributed by atoms with van der Waals surface area (Å²) in [4.78, 5) is 0. The van der Waals surface area contributed by atoms with E-state index in [-0.39, 0.29) is 0 Å². The first-order valence-corrected chi connectivity index (χ1v) is 15.8. The Hall–Kier alpha value is -1.04. The molecule has 1 radical (unpaired) electrons. The van der Waals surface area contributed by atoms with Gasteiger partial charge in [0.05, 0.1) is 0 Å². The van der Waals surface area contributed by atoms with Gasteiger partial charge in [-0.3, -0.25) is 0 Å². The van der Waals surface area contributed by atoms with Crippen LogP contribution in [0.1, 0.15) is 167 Å². The fourth-order valence-electron chi connectivity index (χ4n) is 4.88. The van der Waals surface area contributed by atoms with E-state index < -0.39 is 0 Å². The molecule has 1 aromatic rings. The average Bonchev–Trinajstić information content (AvgIpc) is 2.88. The molecular weight excluding hydrogens is 420 g/mol. The largest absolute Gasteiger partial charge is 0.0839 e. The second-order valence-corrected chi connectivity index (χ2v) is 11.1. The van der Waals surface area contributed by atoms with Gasteiger partial charge < -0.3 is 0 Å². The van der Waals surface area contributed by atoms with Gasteiger partial charge in [-0.15, -0.1) is 0 Å². The second kappa shape index (κ2) is 24.6. The topological polar surface area (TPSA) is 0 Å². The molecule has 1 aromatic carbocycles. The molecule has 0 nitrogen and oxygen atoms in total. The standard InChI is InChI=1S/C35H61/c1-4-6-7-8-9-10-11-12-13-14-15-16-17-18-19-20-21-22-23-24-27-34-29-31-35(32-30-34)28-25-26-33(3)5-2/h24,26-27,29-33H,4-23,25,28H2,1-3H3. The Morgan fingerprint density at radius 2 is 1.03 bits per heavy atom.